The van der Waals surface area contributed by atoms with Gasteiger partial charge in [0.05, 0.1) is 12.0 Å². The van der Waals surface area contributed by atoms with Crippen LogP contribution in [0.3, 0.4) is 0 Å². The molecule has 0 saturated heterocycles. The number of unbranched alkanes of at least 4 members (excludes halogenated alkanes) is 28. The van der Waals surface area contributed by atoms with Gasteiger partial charge >= 0.3 is 0 Å². The van der Waals surface area contributed by atoms with Crippen molar-refractivity contribution in [2.45, 2.75) is 258 Å². The molecule has 1 aromatic rings. The first-order valence-electron chi connectivity index (χ1n) is 21.3. The van der Waals surface area contributed by atoms with Crippen molar-refractivity contribution in [2.75, 3.05) is 0 Å². The average molecular weight is 630 g/mol. The van der Waals surface area contributed by atoms with Gasteiger partial charge in [-0.15, -0.1) is 0 Å². The molecule has 2 unspecified atom stereocenters. The van der Waals surface area contributed by atoms with Crippen LogP contribution in [0.25, 0.3) is 0 Å². The van der Waals surface area contributed by atoms with E-state index in [1.54, 1.807) is 0 Å². The Hall–Kier alpha value is -0.790. The van der Waals surface area contributed by atoms with E-state index in [1.165, 1.54) is 224 Å². The van der Waals surface area contributed by atoms with Gasteiger partial charge in [0, 0.05) is 0 Å². The highest BCUT2D eigenvalue weighted by molar-refractivity contribution is 4.90. The average Bonchev–Trinajstić information content (AvgIpc) is 3.54. The van der Waals surface area contributed by atoms with Crippen molar-refractivity contribution in [3.63, 3.8) is 0 Å². The van der Waals surface area contributed by atoms with Gasteiger partial charge < -0.3 is 0 Å². The van der Waals surface area contributed by atoms with Gasteiger partial charge in [-0.2, -0.15) is 0 Å². The first kappa shape index (κ1) is 42.2. The van der Waals surface area contributed by atoms with Crippen LogP contribution >= 0.6 is 0 Å². The molecule has 0 bridgehead atoms. The Labute approximate surface area is 285 Å². The summed E-state index contributed by atoms with van der Waals surface area (Å²) in [5.74, 6) is 2.25. The van der Waals surface area contributed by atoms with Gasteiger partial charge in [0.2, 0.25) is 0 Å². The number of aromatic amines is 1. The third kappa shape index (κ3) is 25.0. The molecule has 266 valence electrons. The van der Waals surface area contributed by atoms with Crippen LogP contribution < -0.4 is 4.57 Å². The molecule has 1 rings (SSSR count). The molecule has 0 saturated carbocycles. The minimum atomic E-state index is 0.619. The summed E-state index contributed by atoms with van der Waals surface area (Å²) in [4.78, 5) is 3.76. The highest BCUT2D eigenvalue weighted by Crippen LogP contribution is 2.27. The molecule has 2 atom stereocenters. The van der Waals surface area contributed by atoms with Gasteiger partial charge in [-0.3, -0.25) is 0 Å². The molecule has 0 aromatic carbocycles. The molecule has 0 spiro atoms. The predicted octanol–water partition coefficient (Wildman–Crippen LogP) is 15.3. The summed E-state index contributed by atoms with van der Waals surface area (Å²) < 4.78 is 2.64. The lowest BCUT2D eigenvalue weighted by Gasteiger charge is -2.17. The molecule has 2 nitrogen and oxygen atoms in total. The monoisotopic (exact) mass is 630 g/mol. The highest BCUT2D eigenvalue weighted by Gasteiger charge is 2.25. The zero-order chi connectivity index (χ0) is 32.5. The zero-order valence-electron chi connectivity index (χ0n) is 31.8. The van der Waals surface area contributed by atoms with Crippen LogP contribution in [-0.4, -0.2) is 4.98 Å². The fraction of sp³-hybridized carbons (Fsp3) is 0.930. The minimum absolute atomic E-state index is 0.619. The maximum absolute atomic E-state index is 3.76. The summed E-state index contributed by atoms with van der Waals surface area (Å²) in [7, 11) is 0. The van der Waals surface area contributed by atoms with Crippen LogP contribution in [0, 0.1) is 0 Å². The third-order valence-corrected chi connectivity index (χ3v) is 10.6. The molecule has 45 heavy (non-hydrogen) atoms. The maximum atomic E-state index is 3.76. The van der Waals surface area contributed by atoms with Crippen molar-refractivity contribution in [1.29, 1.82) is 0 Å². The molecule has 0 fully saturated rings. The van der Waals surface area contributed by atoms with E-state index in [1.807, 2.05) is 0 Å². The van der Waals surface area contributed by atoms with Crippen LogP contribution in [0.4, 0.5) is 0 Å². The Balaban J connectivity index is 2.39. The molecule has 0 amide bonds. The molecule has 1 heterocycles. The second kappa shape index (κ2) is 33.1. The summed E-state index contributed by atoms with van der Waals surface area (Å²) in [5.41, 5.74) is 0. The lowest BCUT2D eigenvalue weighted by atomic mass is 9.92. The van der Waals surface area contributed by atoms with Crippen molar-refractivity contribution < 1.29 is 4.57 Å². The molecule has 1 N–H and O–H groups in total. The number of imidazole rings is 1. The minimum Gasteiger partial charge on any atom is -0.247 e. The predicted molar refractivity (Wildman–Crippen MR) is 202 cm³/mol. The highest BCUT2D eigenvalue weighted by atomic mass is 15.1. The van der Waals surface area contributed by atoms with E-state index in [0.29, 0.717) is 12.0 Å². The molecule has 0 radical (unpaired) electrons. The fourth-order valence-electron chi connectivity index (χ4n) is 7.49. The quantitative estimate of drug-likeness (QED) is 0.0563. The van der Waals surface area contributed by atoms with Gasteiger partial charge in [-0.25, -0.2) is 9.55 Å². The normalized spacial score (nSPS) is 13.1. The van der Waals surface area contributed by atoms with Gasteiger partial charge in [-0.05, 0) is 32.6 Å². The van der Waals surface area contributed by atoms with Crippen LogP contribution in [-0.2, 0) is 0 Å². The number of H-pyrrole nitrogens is 1. The Morgan fingerprint density at radius 3 is 1.04 bits per heavy atom. The second-order valence-electron chi connectivity index (χ2n) is 15.1. The Bertz CT molecular complexity index is 694. The topological polar surface area (TPSA) is 19.7 Å². The summed E-state index contributed by atoms with van der Waals surface area (Å²) in [6.07, 6.45) is 53.1. The van der Waals surface area contributed by atoms with Gasteiger partial charge in [0.15, 0.2) is 0 Å². The number of nitrogens with one attached hydrogen (secondary N) is 1. The SMILES string of the molecule is CCCCCCCCCCCCCCCC(CCCCCCCCCC)c1[nH]cc[n+]1C(C)CCCCCCCCCCCC. The molecule has 0 aliphatic heterocycles. The lowest BCUT2D eigenvalue weighted by molar-refractivity contribution is -0.727. The number of aromatic nitrogens is 2. The van der Waals surface area contributed by atoms with Crippen LogP contribution in [0.5, 0.6) is 0 Å². The van der Waals surface area contributed by atoms with E-state index in [2.05, 4.69) is 49.6 Å². The summed E-state index contributed by atoms with van der Waals surface area (Å²) in [5, 5.41) is 0. The van der Waals surface area contributed by atoms with Crippen molar-refractivity contribution in [2.24, 2.45) is 0 Å². The van der Waals surface area contributed by atoms with Crippen LogP contribution in [0.1, 0.15) is 264 Å². The lowest BCUT2D eigenvalue weighted by Crippen LogP contribution is -2.41. The first-order chi connectivity index (χ1) is 22.2. The van der Waals surface area contributed by atoms with Crippen LogP contribution in [0.2, 0.25) is 0 Å². The zero-order valence-corrected chi connectivity index (χ0v) is 31.8. The number of nitrogens with zero attached hydrogens (tertiary/aromatic N) is 1. The van der Waals surface area contributed by atoms with Crippen molar-refractivity contribution in [1.82, 2.24) is 4.98 Å². The molecule has 0 aliphatic carbocycles. The summed E-state index contributed by atoms with van der Waals surface area (Å²) in [6, 6.07) is 0.619. The fourth-order valence-corrected chi connectivity index (χ4v) is 7.49. The maximum Gasteiger partial charge on any atom is 0.257 e. The first-order valence-corrected chi connectivity index (χ1v) is 21.3. The second-order valence-corrected chi connectivity index (χ2v) is 15.1. The number of rotatable bonds is 36. The number of hydrogen-bond donors (Lipinski definition) is 1. The van der Waals surface area contributed by atoms with Gasteiger partial charge in [-0.1, -0.05) is 213 Å². The number of hydrogen-bond acceptors (Lipinski definition) is 0. The molecular weight excluding hydrogens is 544 g/mol. The van der Waals surface area contributed by atoms with E-state index in [9.17, 15) is 0 Å². The van der Waals surface area contributed by atoms with Gasteiger partial charge in [0.25, 0.3) is 5.82 Å². The summed E-state index contributed by atoms with van der Waals surface area (Å²) in [6.45, 7) is 9.43. The molecule has 0 aliphatic rings. The Morgan fingerprint density at radius 2 is 0.711 bits per heavy atom. The molecule has 2 heteroatoms. The third-order valence-electron chi connectivity index (χ3n) is 10.6. The van der Waals surface area contributed by atoms with Crippen molar-refractivity contribution >= 4 is 0 Å². The van der Waals surface area contributed by atoms with Crippen LogP contribution in [0.15, 0.2) is 12.4 Å². The molecular formula is C43H85N2+. The van der Waals surface area contributed by atoms with E-state index in [0.717, 1.165) is 0 Å². The smallest absolute Gasteiger partial charge is 0.247 e. The Morgan fingerprint density at radius 1 is 0.422 bits per heavy atom. The Kier molecular flexibility index (Phi) is 31.1. The summed E-state index contributed by atoms with van der Waals surface area (Å²) >= 11 is 0. The standard InChI is InChI=1S/C43H84N2/c1-5-8-11-14-17-20-22-23-24-26-29-32-35-38-42(37-34-31-28-19-16-13-10-7-3)43-44-39-40-45(43)41(4)36-33-30-27-25-21-18-15-12-9-6-2/h39-42H,5-38H2,1-4H3/p+1. The largest absolute Gasteiger partial charge is 0.257 e. The van der Waals surface area contributed by atoms with E-state index < -0.39 is 0 Å². The van der Waals surface area contributed by atoms with E-state index >= 15 is 0 Å². The molecule has 1 aromatic heterocycles. The van der Waals surface area contributed by atoms with E-state index in [4.69, 9.17) is 0 Å². The van der Waals surface area contributed by atoms with E-state index in [-0.39, 0.29) is 0 Å². The van der Waals surface area contributed by atoms with Crippen molar-refractivity contribution in [3.05, 3.63) is 18.2 Å². The van der Waals surface area contributed by atoms with Crippen molar-refractivity contribution in [3.8, 4) is 0 Å². The van der Waals surface area contributed by atoms with Gasteiger partial charge in [0.1, 0.15) is 12.4 Å².